The van der Waals surface area contributed by atoms with Gasteiger partial charge in [0.05, 0.1) is 4.47 Å². The lowest BCUT2D eigenvalue weighted by atomic mass is 10.1. The van der Waals surface area contributed by atoms with Gasteiger partial charge in [-0.15, -0.1) is 0 Å². The highest BCUT2D eigenvalue weighted by molar-refractivity contribution is 9.10. The molecule has 2 aromatic rings. The van der Waals surface area contributed by atoms with Crippen LogP contribution in [0.2, 0.25) is 0 Å². The molecule has 0 saturated carbocycles. The van der Waals surface area contributed by atoms with E-state index in [1.54, 1.807) is 0 Å². The molecular weight excluding hydrogens is 334 g/mol. The molecule has 1 aliphatic heterocycles. The van der Waals surface area contributed by atoms with Crippen molar-refractivity contribution < 1.29 is 14.2 Å². The Labute approximate surface area is 132 Å². The Morgan fingerprint density at radius 2 is 1.95 bits per heavy atom. The molecule has 0 radical (unpaired) electrons. The standard InChI is InChI=1S/C16H16BrNO3/c1-10(18-2)11-3-5-14(13(17)7-11)21-12-4-6-15-16(8-12)20-9-19-15/h3-8,10,18H,9H2,1-2H3. The van der Waals surface area contributed by atoms with Crippen LogP contribution < -0.4 is 19.5 Å². The second kappa shape index (κ2) is 5.95. The monoisotopic (exact) mass is 349 g/mol. The van der Waals surface area contributed by atoms with Crippen LogP contribution in [0.25, 0.3) is 0 Å². The van der Waals surface area contributed by atoms with Crippen molar-refractivity contribution in [3.63, 3.8) is 0 Å². The Morgan fingerprint density at radius 3 is 2.71 bits per heavy atom. The summed E-state index contributed by atoms with van der Waals surface area (Å²) >= 11 is 3.56. The van der Waals surface area contributed by atoms with E-state index in [1.165, 1.54) is 5.56 Å². The summed E-state index contributed by atoms with van der Waals surface area (Å²) < 4.78 is 17.5. The van der Waals surface area contributed by atoms with Gasteiger partial charge in [0.1, 0.15) is 11.5 Å². The van der Waals surface area contributed by atoms with Gasteiger partial charge in [0.15, 0.2) is 11.5 Å². The Kier molecular flexibility index (Phi) is 4.03. The van der Waals surface area contributed by atoms with Crippen molar-refractivity contribution >= 4 is 15.9 Å². The molecule has 0 aliphatic carbocycles. The number of nitrogens with one attached hydrogen (secondary N) is 1. The topological polar surface area (TPSA) is 39.7 Å². The summed E-state index contributed by atoms with van der Waals surface area (Å²) in [4.78, 5) is 0. The maximum Gasteiger partial charge on any atom is 0.231 e. The first-order valence-corrected chi connectivity index (χ1v) is 7.51. The number of rotatable bonds is 4. The van der Waals surface area contributed by atoms with E-state index in [1.807, 2.05) is 37.4 Å². The van der Waals surface area contributed by atoms with Gasteiger partial charge in [-0.05, 0) is 59.7 Å². The fourth-order valence-corrected chi connectivity index (χ4v) is 2.58. The Balaban J connectivity index is 1.81. The second-order valence-electron chi connectivity index (χ2n) is 4.82. The van der Waals surface area contributed by atoms with Gasteiger partial charge < -0.3 is 19.5 Å². The van der Waals surface area contributed by atoms with E-state index in [2.05, 4.69) is 34.2 Å². The average Bonchev–Trinajstić information content (AvgIpc) is 2.96. The summed E-state index contributed by atoms with van der Waals surface area (Å²) in [7, 11) is 1.94. The molecule has 0 amide bonds. The molecule has 2 aromatic carbocycles. The first kappa shape index (κ1) is 14.2. The molecule has 1 heterocycles. The highest BCUT2D eigenvalue weighted by atomic mass is 79.9. The summed E-state index contributed by atoms with van der Waals surface area (Å²) in [6.07, 6.45) is 0. The van der Waals surface area contributed by atoms with Gasteiger partial charge in [0.2, 0.25) is 6.79 Å². The summed E-state index contributed by atoms with van der Waals surface area (Å²) in [5.41, 5.74) is 1.20. The van der Waals surface area contributed by atoms with Crippen molar-refractivity contribution in [3.05, 3.63) is 46.4 Å². The third-order valence-corrected chi connectivity index (χ3v) is 4.08. The zero-order valence-electron chi connectivity index (χ0n) is 11.9. The smallest absolute Gasteiger partial charge is 0.231 e. The van der Waals surface area contributed by atoms with Crippen LogP contribution in [0.4, 0.5) is 0 Å². The predicted molar refractivity (Wildman–Crippen MR) is 84.3 cm³/mol. The minimum atomic E-state index is 0.263. The summed E-state index contributed by atoms with van der Waals surface area (Å²) in [5.74, 6) is 2.94. The van der Waals surface area contributed by atoms with Crippen molar-refractivity contribution in [3.8, 4) is 23.0 Å². The van der Waals surface area contributed by atoms with Crippen molar-refractivity contribution in [2.24, 2.45) is 0 Å². The Morgan fingerprint density at radius 1 is 1.14 bits per heavy atom. The van der Waals surface area contributed by atoms with Crippen LogP contribution in [0, 0.1) is 0 Å². The number of halogens is 1. The largest absolute Gasteiger partial charge is 0.456 e. The van der Waals surface area contributed by atoms with Gasteiger partial charge in [0.25, 0.3) is 0 Å². The van der Waals surface area contributed by atoms with E-state index >= 15 is 0 Å². The van der Waals surface area contributed by atoms with Crippen LogP contribution in [0.3, 0.4) is 0 Å². The number of hydrogen-bond acceptors (Lipinski definition) is 4. The minimum absolute atomic E-state index is 0.263. The van der Waals surface area contributed by atoms with E-state index in [0.29, 0.717) is 11.8 Å². The van der Waals surface area contributed by atoms with Crippen LogP contribution in [0.1, 0.15) is 18.5 Å². The number of hydrogen-bond donors (Lipinski definition) is 1. The summed E-state index contributed by atoms with van der Waals surface area (Å²) in [6.45, 7) is 2.37. The predicted octanol–water partition coefficient (Wildman–Crippen LogP) is 4.25. The van der Waals surface area contributed by atoms with Crippen molar-refractivity contribution in [1.29, 1.82) is 0 Å². The molecule has 0 spiro atoms. The molecule has 1 aliphatic rings. The van der Waals surface area contributed by atoms with Crippen molar-refractivity contribution in [1.82, 2.24) is 5.32 Å². The normalized spacial score (nSPS) is 14.0. The quantitative estimate of drug-likeness (QED) is 0.895. The molecule has 0 fully saturated rings. The summed E-state index contributed by atoms with van der Waals surface area (Å²) in [6, 6.07) is 11.9. The van der Waals surface area contributed by atoms with Crippen LogP contribution in [0.15, 0.2) is 40.9 Å². The van der Waals surface area contributed by atoms with Crippen molar-refractivity contribution in [2.45, 2.75) is 13.0 Å². The molecule has 110 valence electrons. The van der Waals surface area contributed by atoms with Gasteiger partial charge in [-0.3, -0.25) is 0 Å². The molecule has 3 rings (SSSR count). The molecule has 0 bridgehead atoms. The van der Waals surface area contributed by atoms with Gasteiger partial charge in [-0.25, -0.2) is 0 Å². The number of benzene rings is 2. The fraction of sp³-hybridized carbons (Fsp3) is 0.250. The molecule has 0 aromatic heterocycles. The maximum absolute atomic E-state index is 5.90. The summed E-state index contributed by atoms with van der Waals surface area (Å²) in [5, 5.41) is 3.21. The lowest BCUT2D eigenvalue weighted by Crippen LogP contribution is -2.12. The molecule has 0 saturated heterocycles. The lowest BCUT2D eigenvalue weighted by molar-refractivity contribution is 0.174. The van der Waals surface area contributed by atoms with E-state index in [4.69, 9.17) is 14.2 Å². The third kappa shape index (κ3) is 2.99. The van der Waals surface area contributed by atoms with E-state index in [9.17, 15) is 0 Å². The molecule has 21 heavy (non-hydrogen) atoms. The van der Waals surface area contributed by atoms with Crippen molar-refractivity contribution in [2.75, 3.05) is 13.8 Å². The zero-order chi connectivity index (χ0) is 14.8. The first-order valence-electron chi connectivity index (χ1n) is 6.71. The third-order valence-electron chi connectivity index (χ3n) is 3.46. The van der Waals surface area contributed by atoms with Crippen LogP contribution in [0.5, 0.6) is 23.0 Å². The van der Waals surface area contributed by atoms with E-state index in [0.717, 1.165) is 21.7 Å². The van der Waals surface area contributed by atoms with Gasteiger partial charge in [-0.1, -0.05) is 6.07 Å². The molecular formula is C16H16BrNO3. The van der Waals surface area contributed by atoms with Crippen LogP contribution in [-0.4, -0.2) is 13.8 Å². The molecule has 1 unspecified atom stereocenters. The molecule has 4 nitrogen and oxygen atoms in total. The highest BCUT2D eigenvalue weighted by Crippen LogP contribution is 2.38. The number of ether oxygens (including phenoxy) is 3. The Hall–Kier alpha value is -1.72. The molecule has 1 atom stereocenters. The fourth-order valence-electron chi connectivity index (χ4n) is 2.10. The Bertz CT molecular complexity index is 660. The molecule has 1 N–H and O–H groups in total. The van der Waals surface area contributed by atoms with Crippen LogP contribution >= 0.6 is 15.9 Å². The highest BCUT2D eigenvalue weighted by Gasteiger charge is 2.15. The lowest BCUT2D eigenvalue weighted by Gasteiger charge is -2.13. The number of fused-ring (bicyclic) bond motifs is 1. The SMILES string of the molecule is CNC(C)c1ccc(Oc2ccc3c(c2)OCO3)c(Br)c1. The molecule has 5 heteroatoms. The van der Waals surface area contributed by atoms with E-state index in [-0.39, 0.29) is 6.79 Å². The zero-order valence-corrected chi connectivity index (χ0v) is 13.4. The van der Waals surface area contributed by atoms with Crippen LogP contribution in [-0.2, 0) is 0 Å². The van der Waals surface area contributed by atoms with Gasteiger partial charge in [0, 0.05) is 12.1 Å². The maximum atomic E-state index is 5.90. The van der Waals surface area contributed by atoms with Gasteiger partial charge >= 0.3 is 0 Å². The first-order chi connectivity index (χ1) is 10.2. The average molecular weight is 350 g/mol. The second-order valence-corrected chi connectivity index (χ2v) is 5.67. The minimum Gasteiger partial charge on any atom is -0.456 e. The van der Waals surface area contributed by atoms with Gasteiger partial charge in [-0.2, -0.15) is 0 Å². The van der Waals surface area contributed by atoms with E-state index < -0.39 is 0 Å².